The van der Waals surface area contributed by atoms with Gasteiger partial charge in [-0.3, -0.25) is 14.6 Å². The Kier molecular flexibility index (Phi) is 5.80. The predicted octanol–water partition coefficient (Wildman–Crippen LogP) is 1.89. The van der Waals surface area contributed by atoms with E-state index >= 15 is 0 Å². The van der Waals surface area contributed by atoms with Crippen LogP contribution >= 0.6 is 0 Å². The third-order valence-corrected chi connectivity index (χ3v) is 3.34. The number of hydrogen-bond donors (Lipinski definition) is 1. The van der Waals surface area contributed by atoms with E-state index in [-0.39, 0.29) is 30.7 Å². The van der Waals surface area contributed by atoms with Gasteiger partial charge in [0.1, 0.15) is 5.82 Å². The molecule has 120 valence electrons. The molecule has 2 rings (SSSR count). The zero-order valence-electron chi connectivity index (χ0n) is 12.8. The molecule has 23 heavy (non-hydrogen) atoms. The molecule has 0 saturated heterocycles. The minimum atomic E-state index is -0.368. The Morgan fingerprint density at radius 1 is 1.17 bits per heavy atom. The van der Waals surface area contributed by atoms with E-state index in [2.05, 4.69) is 10.3 Å². The molecule has 0 radical (unpaired) electrons. The molecule has 0 atom stereocenters. The van der Waals surface area contributed by atoms with Crippen LogP contribution in [-0.4, -0.2) is 28.2 Å². The number of rotatable bonds is 6. The van der Waals surface area contributed by atoms with E-state index < -0.39 is 0 Å². The third-order valence-electron chi connectivity index (χ3n) is 3.34. The van der Waals surface area contributed by atoms with Crippen LogP contribution in [0, 0.1) is 5.82 Å². The number of benzene rings is 1. The van der Waals surface area contributed by atoms with Gasteiger partial charge in [-0.1, -0.05) is 18.2 Å². The van der Waals surface area contributed by atoms with Crippen molar-refractivity contribution in [3.05, 3.63) is 65.7 Å². The molecule has 0 aliphatic rings. The lowest BCUT2D eigenvalue weighted by molar-refractivity contribution is -0.135. The number of nitrogens with zero attached hydrogens (tertiary/aromatic N) is 2. The molecule has 5 nitrogen and oxygen atoms in total. The summed E-state index contributed by atoms with van der Waals surface area (Å²) in [6.45, 7) is 1.74. The Labute approximate surface area is 134 Å². The smallest absolute Gasteiger partial charge is 0.239 e. The zero-order valence-corrected chi connectivity index (χ0v) is 12.8. The van der Waals surface area contributed by atoms with E-state index in [0.29, 0.717) is 12.1 Å². The fourth-order valence-corrected chi connectivity index (χ4v) is 2.05. The summed E-state index contributed by atoms with van der Waals surface area (Å²) in [5.74, 6) is -0.909. The van der Waals surface area contributed by atoms with Crippen molar-refractivity contribution in [2.75, 3.05) is 6.54 Å². The van der Waals surface area contributed by atoms with Crippen LogP contribution < -0.4 is 5.32 Å². The summed E-state index contributed by atoms with van der Waals surface area (Å²) in [5.41, 5.74) is 1.29. The molecular formula is C17H18FN3O2. The summed E-state index contributed by atoms with van der Waals surface area (Å²) in [4.78, 5) is 29.0. The lowest BCUT2D eigenvalue weighted by Crippen LogP contribution is -2.39. The fraction of sp³-hybridized carbons (Fsp3) is 0.235. The van der Waals surface area contributed by atoms with Crippen molar-refractivity contribution in [2.45, 2.75) is 20.0 Å². The normalized spacial score (nSPS) is 10.2. The Hall–Kier alpha value is -2.76. The number of pyridine rings is 1. The van der Waals surface area contributed by atoms with Crippen molar-refractivity contribution >= 4 is 11.8 Å². The lowest BCUT2D eigenvalue weighted by atomic mass is 10.2. The molecule has 0 aliphatic heterocycles. The van der Waals surface area contributed by atoms with Crippen molar-refractivity contribution in [1.82, 2.24) is 15.2 Å². The molecule has 0 spiro atoms. The quantitative estimate of drug-likeness (QED) is 0.885. The summed E-state index contributed by atoms with van der Waals surface area (Å²) >= 11 is 0. The molecule has 1 N–H and O–H groups in total. The maximum atomic E-state index is 13.5. The standard InChI is InChI=1S/C17H18FN3O2/c1-13(22)21(11-14-6-8-19-9-7-14)12-17(23)20-10-15-4-2-3-5-16(15)18/h2-9H,10-12H2,1H3,(H,20,23). The zero-order chi connectivity index (χ0) is 16.7. The first-order chi connectivity index (χ1) is 11.1. The van der Waals surface area contributed by atoms with Crippen molar-refractivity contribution in [3.63, 3.8) is 0 Å². The fourth-order valence-electron chi connectivity index (χ4n) is 2.05. The predicted molar refractivity (Wildman–Crippen MR) is 83.6 cm³/mol. The Morgan fingerprint density at radius 3 is 2.52 bits per heavy atom. The van der Waals surface area contributed by atoms with Crippen LogP contribution in [0.5, 0.6) is 0 Å². The number of hydrogen-bond acceptors (Lipinski definition) is 3. The first kappa shape index (κ1) is 16.6. The van der Waals surface area contributed by atoms with Crippen LogP contribution in [0.3, 0.4) is 0 Å². The van der Waals surface area contributed by atoms with Crippen LogP contribution in [0.25, 0.3) is 0 Å². The second-order valence-electron chi connectivity index (χ2n) is 5.10. The molecular weight excluding hydrogens is 297 g/mol. The molecule has 0 fully saturated rings. The second kappa shape index (κ2) is 8.03. The monoisotopic (exact) mass is 315 g/mol. The second-order valence-corrected chi connectivity index (χ2v) is 5.10. The van der Waals surface area contributed by atoms with Gasteiger partial charge in [-0.15, -0.1) is 0 Å². The number of halogens is 1. The van der Waals surface area contributed by atoms with Gasteiger partial charge in [0.15, 0.2) is 0 Å². The topological polar surface area (TPSA) is 62.3 Å². The van der Waals surface area contributed by atoms with Crippen molar-refractivity contribution < 1.29 is 14.0 Å². The first-order valence-corrected chi connectivity index (χ1v) is 7.21. The van der Waals surface area contributed by atoms with Gasteiger partial charge in [-0.25, -0.2) is 4.39 Å². The van der Waals surface area contributed by atoms with Gasteiger partial charge in [0.25, 0.3) is 0 Å². The first-order valence-electron chi connectivity index (χ1n) is 7.21. The molecule has 6 heteroatoms. The molecule has 1 aromatic carbocycles. The van der Waals surface area contributed by atoms with E-state index in [9.17, 15) is 14.0 Å². The molecule has 2 aromatic rings. The summed E-state index contributed by atoms with van der Waals surface area (Å²) in [6.07, 6.45) is 3.26. The summed E-state index contributed by atoms with van der Waals surface area (Å²) in [7, 11) is 0. The van der Waals surface area contributed by atoms with Gasteiger partial charge < -0.3 is 10.2 Å². The number of aromatic nitrogens is 1. The van der Waals surface area contributed by atoms with E-state index in [1.54, 1.807) is 42.7 Å². The molecule has 1 heterocycles. The molecule has 0 unspecified atom stereocenters. The van der Waals surface area contributed by atoms with Gasteiger partial charge in [-0.2, -0.15) is 0 Å². The third kappa shape index (κ3) is 5.18. The average molecular weight is 315 g/mol. The van der Waals surface area contributed by atoms with E-state index in [0.717, 1.165) is 5.56 Å². The highest BCUT2D eigenvalue weighted by molar-refractivity contribution is 5.83. The molecule has 2 amide bonds. The van der Waals surface area contributed by atoms with Crippen LogP contribution in [0.2, 0.25) is 0 Å². The molecule has 0 bridgehead atoms. The summed E-state index contributed by atoms with van der Waals surface area (Å²) < 4.78 is 13.5. The molecule has 0 aliphatic carbocycles. The van der Waals surface area contributed by atoms with Crippen LogP contribution in [0.4, 0.5) is 4.39 Å². The van der Waals surface area contributed by atoms with Crippen molar-refractivity contribution in [3.8, 4) is 0 Å². The van der Waals surface area contributed by atoms with E-state index in [1.165, 1.54) is 17.9 Å². The van der Waals surface area contributed by atoms with Crippen molar-refractivity contribution in [2.24, 2.45) is 0 Å². The summed E-state index contributed by atoms with van der Waals surface area (Å²) in [5, 5.41) is 2.63. The SMILES string of the molecule is CC(=O)N(CC(=O)NCc1ccccc1F)Cc1ccncc1. The number of nitrogens with one attached hydrogen (secondary N) is 1. The number of amides is 2. The van der Waals surface area contributed by atoms with E-state index in [4.69, 9.17) is 0 Å². The van der Waals surface area contributed by atoms with Crippen LogP contribution in [0.1, 0.15) is 18.1 Å². The maximum absolute atomic E-state index is 13.5. The largest absolute Gasteiger partial charge is 0.350 e. The Morgan fingerprint density at radius 2 is 1.87 bits per heavy atom. The summed E-state index contributed by atoms with van der Waals surface area (Å²) in [6, 6.07) is 9.81. The van der Waals surface area contributed by atoms with Crippen LogP contribution in [0.15, 0.2) is 48.8 Å². The van der Waals surface area contributed by atoms with Crippen LogP contribution in [-0.2, 0) is 22.7 Å². The van der Waals surface area contributed by atoms with Crippen molar-refractivity contribution in [1.29, 1.82) is 0 Å². The highest BCUT2D eigenvalue weighted by atomic mass is 19.1. The Bertz CT molecular complexity index is 677. The van der Waals surface area contributed by atoms with Gasteiger partial charge in [0, 0.05) is 38.0 Å². The highest BCUT2D eigenvalue weighted by Gasteiger charge is 2.14. The Balaban J connectivity index is 1.91. The number of carbonyl (C=O) groups excluding carboxylic acids is 2. The molecule has 0 saturated carbocycles. The maximum Gasteiger partial charge on any atom is 0.239 e. The van der Waals surface area contributed by atoms with Gasteiger partial charge in [0.05, 0.1) is 6.54 Å². The average Bonchev–Trinajstić information content (AvgIpc) is 2.54. The minimum absolute atomic E-state index is 0.0773. The van der Waals surface area contributed by atoms with Gasteiger partial charge >= 0.3 is 0 Å². The van der Waals surface area contributed by atoms with Gasteiger partial charge in [0.2, 0.25) is 11.8 Å². The highest BCUT2D eigenvalue weighted by Crippen LogP contribution is 2.06. The minimum Gasteiger partial charge on any atom is -0.350 e. The molecule has 1 aromatic heterocycles. The lowest BCUT2D eigenvalue weighted by Gasteiger charge is -2.20. The van der Waals surface area contributed by atoms with E-state index in [1.807, 2.05) is 0 Å². The number of carbonyl (C=O) groups is 2. The van der Waals surface area contributed by atoms with Gasteiger partial charge in [-0.05, 0) is 23.8 Å².